The summed E-state index contributed by atoms with van der Waals surface area (Å²) in [6, 6.07) is 8.07. The number of hydrogen-bond donors (Lipinski definition) is 0. The van der Waals surface area contributed by atoms with Crippen molar-refractivity contribution in [2.45, 2.75) is 41.5 Å². The van der Waals surface area contributed by atoms with E-state index in [-0.39, 0.29) is 0 Å². The number of aryl methyl sites for hydroxylation is 2. The summed E-state index contributed by atoms with van der Waals surface area (Å²) >= 11 is 0. The van der Waals surface area contributed by atoms with E-state index in [9.17, 15) is 4.79 Å². The number of ether oxygens (including phenoxy) is 1. The predicted octanol–water partition coefficient (Wildman–Crippen LogP) is 4.28. The molecule has 0 N–H and O–H groups in total. The topological polar surface area (TPSA) is 61.9 Å². The Morgan fingerprint density at radius 2 is 1.85 bits per heavy atom. The Bertz CT molecular complexity index is 982. The molecule has 0 bridgehead atoms. The molecule has 3 rings (SSSR count). The molecule has 0 radical (unpaired) electrons. The van der Waals surface area contributed by atoms with E-state index in [1.165, 1.54) is 4.57 Å². The minimum absolute atomic E-state index is 0.297. The van der Waals surface area contributed by atoms with Crippen LogP contribution in [0.1, 0.15) is 35.1 Å². The van der Waals surface area contributed by atoms with E-state index in [4.69, 9.17) is 9.72 Å². The van der Waals surface area contributed by atoms with E-state index in [0.29, 0.717) is 12.6 Å². The predicted molar refractivity (Wildman–Crippen MR) is 101 cm³/mol. The monoisotopic (exact) mass is 352 g/mol. The molecule has 0 amide bonds. The van der Waals surface area contributed by atoms with Crippen LogP contribution in [0.2, 0.25) is 0 Å². The van der Waals surface area contributed by atoms with Crippen LogP contribution in [0.3, 0.4) is 0 Å². The van der Waals surface area contributed by atoms with Gasteiger partial charge in [0.1, 0.15) is 0 Å². The third kappa shape index (κ3) is 2.92. The van der Waals surface area contributed by atoms with Gasteiger partial charge in [0.05, 0.1) is 23.7 Å². The molecule has 0 atom stereocenters. The molecule has 0 unspecified atom stereocenters. The normalized spacial score (nSPS) is 11.0. The Kier molecular flexibility index (Phi) is 4.68. The highest BCUT2D eigenvalue weighted by Crippen LogP contribution is 2.27. The fraction of sp³-hybridized carbons (Fsp3) is 0.350. The highest BCUT2D eigenvalue weighted by Gasteiger charge is 2.24. The minimum Gasteiger partial charge on any atom is -0.449 e. The van der Waals surface area contributed by atoms with Crippen LogP contribution in [0.5, 0.6) is 0 Å². The molecule has 0 spiro atoms. The van der Waals surface area contributed by atoms with Gasteiger partial charge in [-0.05, 0) is 53.2 Å². The molecule has 0 fully saturated rings. The molecule has 0 aliphatic rings. The van der Waals surface area contributed by atoms with Crippen molar-refractivity contribution in [3.8, 4) is 17.2 Å². The maximum Gasteiger partial charge on any atom is 0.421 e. The maximum atomic E-state index is 12.6. The summed E-state index contributed by atoms with van der Waals surface area (Å²) < 4.78 is 8.48. The molecule has 0 aliphatic heterocycles. The number of hydrogen-bond acceptors (Lipinski definition) is 4. The fourth-order valence-electron chi connectivity index (χ4n) is 3.02. The number of aromatic nitrogens is 4. The molecular weight excluding hydrogens is 328 g/mol. The molecule has 3 aromatic rings. The van der Waals surface area contributed by atoms with E-state index >= 15 is 0 Å². The Labute approximate surface area is 153 Å². The first-order chi connectivity index (χ1) is 12.3. The third-order valence-electron chi connectivity index (χ3n) is 4.67. The number of rotatable bonds is 3. The van der Waals surface area contributed by atoms with E-state index in [0.717, 1.165) is 39.5 Å². The zero-order chi connectivity index (χ0) is 19.0. The van der Waals surface area contributed by atoms with Crippen molar-refractivity contribution in [3.05, 3.63) is 52.5 Å². The fourth-order valence-corrected chi connectivity index (χ4v) is 3.02. The van der Waals surface area contributed by atoms with Gasteiger partial charge in [0, 0.05) is 11.3 Å². The number of benzene rings is 1. The quantitative estimate of drug-likeness (QED) is 0.706. The van der Waals surface area contributed by atoms with Crippen LogP contribution in [-0.2, 0) is 4.74 Å². The average Bonchev–Trinajstić information content (AvgIpc) is 3.07. The van der Waals surface area contributed by atoms with Crippen LogP contribution in [0.25, 0.3) is 17.2 Å². The van der Waals surface area contributed by atoms with E-state index < -0.39 is 6.09 Å². The molecule has 0 saturated heterocycles. The first-order valence-corrected chi connectivity index (χ1v) is 8.71. The van der Waals surface area contributed by atoms with Gasteiger partial charge in [0.15, 0.2) is 0 Å². The molecule has 1 aromatic carbocycles. The summed E-state index contributed by atoms with van der Waals surface area (Å²) in [5, 5.41) is 4.57. The van der Waals surface area contributed by atoms with Crippen molar-refractivity contribution in [2.75, 3.05) is 6.61 Å². The van der Waals surface area contributed by atoms with Crippen molar-refractivity contribution in [3.63, 3.8) is 0 Å². The Balaban J connectivity index is 2.27. The van der Waals surface area contributed by atoms with Crippen LogP contribution in [0.4, 0.5) is 4.79 Å². The van der Waals surface area contributed by atoms with E-state index in [1.807, 2.05) is 52.8 Å². The molecule has 0 aliphatic carbocycles. The highest BCUT2D eigenvalue weighted by molar-refractivity contribution is 5.78. The summed E-state index contributed by atoms with van der Waals surface area (Å²) in [6.07, 6.45) is -0.448. The zero-order valence-corrected chi connectivity index (χ0v) is 16.1. The highest BCUT2D eigenvalue weighted by atomic mass is 16.5. The number of nitrogens with zero attached hydrogens (tertiary/aromatic N) is 4. The molecule has 6 heteroatoms. The summed E-state index contributed by atoms with van der Waals surface area (Å²) in [7, 11) is 0. The van der Waals surface area contributed by atoms with Crippen LogP contribution in [-0.4, -0.2) is 32.0 Å². The summed E-state index contributed by atoms with van der Waals surface area (Å²) in [5.41, 5.74) is 6.53. The van der Waals surface area contributed by atoms with Crippen LogP contribution in [0, 0.1) is 34.6 Å². The molecule has 26 heavy (non-hydrogen) atoms. The van der Waals surface area contributed by atoms with Gasteiger partial charge < -0.3 is 4.74 Å². The smallest absolute Gasteiger partial charge is 0.421 e. The van der Waals surface area contributed by atoms with Crippen molar-refractivity contribution >= 4 is 6.09 Å². The van der Waals surface area contributed by atoms with Crippen molar-refractivity contribution in [1.29, 1.82) is 0 Å². The number of imidazole rings is 1. The zero-order valence-electron chi connectivity index (χ0n) is 16.1. The Morgan fingerprint density at radius 3 is 2.42 bits per heavy atom. The summed E-state index contributed by atoms with van der Waals surface area (Å²) in [4.78, 5) is 17.4. The minimum atomic E-state index is -0.448. The second-order valence-electron chi connectivity index (χ2n) is 6.46. The van der Waals surface area contributed by atoms with Gasteiger partial charge in [-0.2, -0.15) is 5.10 Å². The SMILES string of the molecule is CCOC(=O)n1c(-n2nc(C)c(C)c2C)nc(-c2cccc(C)c2)c1C. The molecule has 0 saturated carbocycles. The lowest BCUT2D eigenvalue weighted by Crippen LogP contribution is -2.20. The van der Waals surface area contributed by atoms with Crippen molar-refractivity contribution in [2.24, 2.45) is 0 Å². The molecule has 6 nitrogen and oxygen atoms in total. The largest absolute Gasteiger partial charge is 0.449 e. The molecule has 136 valence electrons. The number of carbonyl (C=O) groups is 1. The summed E-state index contributed by atoms with van der Waals surface area (Å²) in [6.45, 7) is 11.9. The second-order valence-corrected chi connectivity index (χ2v) is 6.46. The standard InChI is InChI=1S/C20H24N4O2/c1-7-26-20(25)23-16(6)18(17-10-8-9-12(2)11-17)21-19(23)24-15(5)13(3)14(4)22-24/h8-11H,7H2,1-6H3. The van der Waals surface area contributed by atoms with Gasteiger partial charge in [-0.1, -0.05) is 23.8 Å². The Hall–Kier alpha value is -2.89. The van der Waals surface area contributed by atoms with Crippen LogP contribution >= 0.6 is 0 Å². The van der Waals surface area contributed by atoms with Gasteiger partial charge in [0.25, 0.3) is 0 Å². The van der Waals surface area contributed by atoms with Crippen LogP contribution < -0.4 is 0 Å². The first kappa shape index (κ1) is 17.9. The van der Waals surface area contributed by atoms with E-state index in [2.05, 4.69) is 11.2 Å². The first-order valence-electron chi connectivity index (χ1n) is 8.71. The summed E-state index contributed by atoms with van der Waals surface area (Å²) in [5.74, 6) is 0.450. The molecular formula is C20H24N4O2. The van der Waals surface area contributed by atoms with Gasteiger partial charge in [-0.3, -0.25) is 0 Å². The second kappa shape index (κ2) is 6.78. The average molecular weight is 352 g/mol. The van der Waals surface area contributed by atoms with Gasteiger partial charge in [-0.15, -0.1) is 0 Å². The number of carbonyl (C=O) groups excluding carboxylic acids is 1. The molecule has 2 heterocycles. The van der Waals surface area contributed by atoms with Crippen LogP contribution in [0.15, 0.2) is 24.3 Å². The lowest BCUT2D eigenvalue weighted by molar-refractivity contribution is 0.153. The maximum absolute atomic E-state index is 12.6. The van der Waals surface area contributed by atoms with Gasteiger partial charge in [-0.25, -0.2) is 19.0 Å². The van der Waals surface area contributed by atoms with Gasteiger partial charge in [0.2, 0.25) is 5.95 Å². The molecule has 2 aromatic heterocycles. The lowest BCUT2D eigenvalue weighted by Gasteiger charge is -2.09. The lowest BCUT2D eigenvalue weighted by atomic mass is 10.1. The van der Waals surface area contributed by atoms with Gasteiger partial charge >= 0.3 is 6.09 Å². The van der Waals surface area contributed by atoms with E-state index in [1.54, 1.807) is 11.6 Å². The third-order valence-corrected chi connectivity index (χ3v) is 4.67. The van der Waals surface area contributed by atoms with Crippen molar-refractivity contribution in [1.82, 2.24) is 19.3 Å². The Morgan fingerprint density at radius 1 is 1.12 bits per heavy atom. The van der Waals surface area contributed by atoms with Crippen molar-refractivity contribution < 1.29 is 9.53 Å².